The molecule has 0 saturated carbocycles. The summed E-state index contributed by atoms with van der Waals surface area (Å²) in [5.41, 5.74) is 20.6. The van der Waals surface area contributed by atoms with Crippen LogP contribution < -0.4 is 0 Å². The summed E-state index contributed by atoms with van der Waals surface area (Å²) in [6.45, 7) is 0. The number of rotatable bonds is 7. The third-order valence-electron chi connectivity index (χ3n) is 15.1. The molecular formula is C69H45N. The van der Waals surface area contributed by atoms with Crippen molar-refractivity contribution < 1.29 is 0 Å². The second kappa shape index (κ2) is 16.0. The van der Waals surface area contributed by atoms with Gasteiger partial charge in [0.25, 0.3) is 0 Å². The average molecular weight is 888 g/mol. The molecule has 13 aromatic rings. The second-order valence-corrected chi connectivity index (χ2v) is 18.7. The van der Waals surface area contributed by atoms with Crippen LogP contribution in [0.4, 0.5) is 0 Å². The quantitative estimate of drug-likeness (QED) is 0.141. The van der Waals surface area contributed by atoms with Crippen molar-refractivity contribution in [2.24, 2.45) is 0 Å². The highest BCUT2D eigenvalue weighted by Gasteiger charge is 2.46. The first-order valence-electron chi connectivity index (χ1n) is 24.3. The molecule has 1 heterocycles. The lowest BCUT2D eigenvalue weighted by Crippen LogP contribution is -2.28. The third kappa shape index (κ3) is 6.05. The van der Waals surface area contributed by atoms with Gasteiger partial charge in [0.15, 0.2) is 0 Å². The predicted octanol–water partition coefficient (Wildman–Crippen LogP) is 18.1. The van der Waals surface area contributed by atoms with Crippen molar-refractivity contribution in [1.82, 2.24) is 4.57 Å². The minimum Gasteiger partial charge on any atom is -0.309 e. The average Bonchev–Trinajstić information content (AvgIpc) is 3.93. The first-order valence-corrected chi connectivity index (χ1v) is 24.3. The Hall–Kier alpha value is -9.04. The van der Waals surface area contributed by atoms with Crippen molar-refractivity contribution in [1.29, 1.82) is 0 Å². The third-order valence-corrected chi connectivity index (χ3v) is 15.1. The topological polar surface area (TPSA) is 4.93 Å². The summed E-state index contributed by atoms with van der Waals surface area (Å²) in [5, 5.41) is 7.46. The van der Waals surface area contributed by atoms with Gasteiger partial charge in [-0.2, -0.15) is 0 Å². The van der Waals surface area contributed by atoms with E-state index in [0.29, 0.717) is 0 Å². The molecule has 0 unspecified atom stereocenters. The Balaban J connectivity index is 0.913. The summed E-state index contributed by atoms with van der Waals surface area (Å²) in [5.74, 6) is 0. The van der Waals surface area contributed by atoms with E-state index >= 15 is 0 Å². The number of aromatic nitrogens is 1. The fraction of sp³-hybridized carbons (Fsp3) is 0.0145. The number of para-hydroxylation sites is 1. The molecule has 1 aliphatic rings. The molecule has 0 fully saturated rings. The minimum absolute atomic E-state index is 0.481. The maximum atomic E-state index is 2.51. The van der Waals surface area contributed by atoms with Gasteiger partial charge >= 0.3 is 0 Å². The molecule has 0 N–H and O–H groups in total. The van der Waals surface area contributed by atoms with E-state index in [2.05, 4.69) is 278 Å². The second-order valence-electron chi connectivity index (χ2n) is 18.7. The molecule has 1 nitrogen and oxygen atoms in total. The summed E-state index contributed by atoms with van der Waals surface area (Å²) >= 11 is 0. The molecule has 0 bridgehead atoms. The first kappa shape index (κ1) is 40.1. The van der Waals surface area contributed by atoms with Crippen molar-refractivity contribution in [2.45, 2.75) is 5.41 Å². The van der Waals surface area contributed by atoms with E-state index in [0.717, 1.165) is 5.69 Å². The molecule has 0 amide bonds. The van der Waals surface area contributed by atoms with Gasteiger partial charge in [-0.1, -0.05) is 231 Å². The number of fused-ring (bicyclic) bond motifs is 8. The lowest BCUT2D eigenvalue weighted by Gasteiger charge is -2.34. The summed E-state index contributed by atoms with van der Waals surface area (Å²) < 4.78 is 2.43. The van der Waals surface area contributed by atoms with E-state index in [4.69, 9.17) is 0 Å². The molecule has 1 heteroatoms. The van der Waals surface area contributed by atoms with Crippen LogP contribution in [0, 0.1) is 0 Å². The molecule has 0 radical (unpaired) electrons. The molecule has 14 rings (SSSR count). The van der Waals surface area contributed by atoms with Gasteiger partial charge in [-0.05, 0) is 142 Å². The molecule has 12 aromatic carbocycles. The smallest absolute Gasteiger partial charge is 0.0713 e. The zero-order valence-corrected chi connectivity index (χ0v) is 38.4. The number of benzene rings is 12. The van der Waals surface area contributed by atoms with Crippen LogP contribution in [0.25, 0.3) is 105 Å². The van der Waals surface area contributed by atoms with Crippen molar-refractivity contribution in [3.05, 3.63) is 295 Å². The van der Waals surface area contributed by atoms with E-state index in [1.54, 1.807) is 0 Å². The van der Waals surface area contributed by atoms with Crippen LogP contribution in [0.2, 0.25) is 0 Å². The zero-order chi connectivity index (χ0) is 46.2. The van der Waals surface area contributed by atoms with E-state index in [-0.39, 0.29) is 0 Å². The molecule has 0 spiro atoms. The standard InChI is InChI=1S/C69H45N/c1-4-19-46(20-5-1)48-21-18-22-49(43-48)50-38-42-66-62(44-50)57-28-15-17-34-65(57)70(66)54-39-35-47(36-40-54)67-58-29-10-12-31-60(58)68(61-32-13-11-30-59(61)67)51-37-41-56-55-27-14-16-33-63(55)69(64(56)45-51,52-23-6-2-7-24-52)53-25-8-3-9-26-53/h1-45H. The fourth-order valence-corrected chi connectivity index (χ4v) is 12.1. The molecule has 0 saturated heterocycles. The van der Waals surface area contributed by atoms with E-state index < -0.39 is 5.41 Å². The highest BCUT2D eigenvalue weighted by atomic mass is 15.0. The van der Waals surface area contributed by atoms with Crippen LogP contribution in [0.5, 0.6) is 0 Å². The maximum Gasteiger partial charge on any atom is 0.0713 e. The van der Waals surface area contributed by atoms with Crippen LogP contribution in [0.3, 0.4) is 0 Å². The maximum absolute atomic E-state index is 2.51. The van der Waals surface area contributed by atoms with Crippen molar-refractivity contribution in [3.8, 4) is 61.3 Å². The van der Waals surface area contributed by atoms with E-state index in [1.165, 1.54) is 121 Å². The van der Waals surface area contributed by atoms with Gasteiger partial charge < -0.3 is 4.57 Å². The molecule has 1 aliphatic carbocycles. The van der Waals surface area contributed by atoms with Gasteiger partial charge in [0.05, 0.1) is 16.4 Å². The highest BCUT2D eigenvalue weighted by Crippen LogP contribution is 2.57. The number of nitrogens with zero attached hydrogens (tertiary/aromatic N) is 1. The normalized spacial score (nSPS) is 12.7. The Labute approximate surface area is 407 Å². The summed E-state index contributed by atoms with van der Waals surface area (Å²) in [6.07, 6.45) is 0. The van der Waals surface area contributed by atoms with Crippen molar-refractivity contribution in [3.63, 3.8) is 0 Å². The van der Waals surface area contributed by atoms with Gasteiger partial charge in [0.1, 0.15) is 0 Å². The largest absolute Gasteiger partial charge is 0.309 e. The minimum atomic E-state index is -0.481. The lowest BCUT2D eigenvalue weighted by molar-refractivity contribution is 0.769. The van der Waals surface area contributed by atoms with Gasteiger partial charge in [0, 0.05) is 16.5 Å². The summed E-state index contributed by atoms with van der Waals surface area (Å²) in [7, 11) is 0. The van der Waals surface area contributed by atoms with Gasteiger partial charge in [-0.15, -0.1) is 0 Å². The molecule has 70 heavy (non-hydrogen) atoms. The molecule has 1 aromatic heterocycles. The number of hydrogen-bond donors (Lipinski definition) is 0. The molecular weight excluding hydrogens is 843 g/mol. The fourth-order valence-electron chi connectivity index (χ4n) is 12.1. The Kier molecular flexibility index (Phi) is 9.19. The van der Waals surface area contributed by atoms with Crippen LogP contribution in [0.1, 0.15) is 22.3 Å². The van der Waals surface area contributed by atoms with Crippen LogP contribution in [-0.4, -0.2) is 4.57 Å². The Morgan fingerprint density at radius 1 is 0.243 bits per heavy atom. The monoisotopic (exact) mass is 887 g/mol. The lowest BCUT2D eigenvalue weighted by atomic mass is 9.67. The van der Waals surface area contributed by atoms with Gasteiger partial charge in [-0.25, -0.2) is 0 Å². The Bertz CT molecular complexity index is 4050. The first-order chi connectivity index (χ1) is 34.7. The molecule has 0 aliphatic heterocycles. The Morgan fingerprint density at radius 3 is 1.36 bits per heavy atom. The zero-order valence-electron chi connectivity index (χ0n) is 38.4. The predicted molar refractivity (Wildman–Crippen MR) is 295 cm³/mol. The summed E-state index contributed by atoms with van der Waals surface area (Å²) in [4.78, 5) is 0. The van der Waals surface area contributed by atoms with E-state index in [9.17, 15) is 0 Å². The van der Waals surface area contributed by atoms with Crippen LogP contribution >= 0.6 is 0 Å². The van der Waals surface area contributed by atoms with E-state index in [1.807, 2.05) is 0 Å². The van der Waals surface area contributed by atoms with Gasteiger partial charge in [-0.3, -0.25) is 0 Å². The van der Waals surface area contributed by atoms with Crippen molar-refractivity contribution >= 4 is 43.4 Å². The van der Waals surface area contributed by atoms with Crippen LogP contribution in [0.15, 0.2) is 273 Å². The molecule has 0 atom stereocenters. The number of hydrogen-bond acceptors (Lipinski definition) is 0. The van der Waals surface area contributed by atoms with Crippen LogP contribution in [-0.2, 0) is 5.41 Å². The summed E-state index contributed by atoms with van der Waals surface area (Å²) in [6, 6.07) is 101. The SMILES string of the molecule is c1ccc(-c2cccc(-c3ccc4c(c3)c3ccccc3n4-c3ccc(-c4c5ccccc5c(-c5ccc6c(c5)C(c5ccccc5)(c5ccccc5)c5ccccc5-6)c5ccccc45)cc3)c2)cc1. The highest BCUT2D eigenvalue weighted by molar-refractivity contribution is 6.21. The molecule has 326 valence electrons. The van der Waals surface area contributed by atoms with Crippen molar-refractivity contribution in [2.75, 3.05) is 0 Å². The Morgan fingerprint density at radius 2 is 0.700 bits per heavy atom. The van der Waals surface area contributed by atoms with Gasteiger partial charge in [0.2, 0.25) is 0 Å².